The first-order chi connectivity index (χ1) is 17.7. The molecule has 1 aromatic rings. The van der Waals surface area contributed by atoms with Crippen molar-refractivity contribution in [2.75, 3.05) is 30.3 Å². The first kappa shape index (κ1) is 26.0. The van der Waals surface area contributed by atoms with Gasteiger partial charge in [-0.05, 0) is 74.6 Å². The van der Waals surface area contributed by atoms with Crippen molar-refractivity contribution in [2.24, 2.45) is 16.8 Å². The number of piperidine rings is 1. The van der Waals surface area contributed by atoms with E-state index in [-0.39, 0.29) is 18.4 Å². The number of amidine groups is 1. The molecule has 5 rings (SSSR count). The molecule has 1 saturated carbocycles. The summed E-state index contributed by atoms with van der Waals surface area (Å²) in [4.78, 5) is 43.2. The molecule has 3 heterocycles. The Balaban J connectivity index is 1.17. The molecule has 1 aromatic carbocycles. The number of imide groups is 1. The van der Waals surface area contributed by atoms with E-state index in [1.54, 1.807) is 0 Å². The lowest BCUT2D eigenvalue weighted by Crippen LogP contribution is -2.49. The third-order valence-electron chi connectivity index (χ3n) is 8.52. The summed E-state index contributed by atoms with van der Waals surface area (Å²) in [5.74, 6) is 2.24. The van der Waals surface area contributed by atoms with E-state index in [1.807, 2.05) is 30.3 Å². The highest BCUT2D eigenvalue weighted by Gasteiger charge is 2.47. The number of carbonyl (C=O) groups excluding carboxylic acids is 3. The van der Waals surface area contributed by atoms with Crippen LogP contribution in [-0.4, -0.2) is 63.1 Å². The summed E-state index contributed by atoms with van der Waals surface area (Å²) in [5.41, 5.74) is 2.76. The van der Waals surface area contributed by atoms with Gasteiger partial charge in [-0.3, -0.25) is 14.6 Å². The van der Waals surface area contributed by atoms with E-state index < -0.39 is 22.6 Å². The lowest BCUT2D eigenvalue weighted by Gasteiger charge is -2.34. The molecule has 37 heavy (non-hydrogen) atoms. The maximum absolute atomic E-state index is 13.2. The average molecular weight is 528 g/mol. The molecule has 4 aliphatic rings. The molecule has 2 N–H and O–H groups in total. The molecule has 0 bridgehead atoms. The van der Waals surface area contributed by atoms with Gasteiger partial charge in [0.1, 0.15) is 11.4 Å². The molecule has 3 fully saturated rings. The van der Waals surface area contributed by atoms with Crippen LogP contribution in [0.5, 0.6) is 0 Å². The Morgan fingerprint density at radius 1 is 1.05 bits per heavy atom. The van der Waals surface area contributed by atoms with Crippen molar-refractivity contribution >= 4 is 40.4 Å². The molecule has 1 atom stereocenters. The van der Waals surface area contributed by atoms with Crippen LogP contribution in [0.4, 0.5) is 10.5 Å². The number of urea groups is 1. The molecule has 3 aliphatic heterocycles. The van der Waals surface area contributed by atoms with Crippen molar-refractivity contribution in [3.63, 3.8) is 0 Å². The van der Waals surface area contributed by atoms with E-state index in [0.717, 1.165) is 41.3 Å². The van der Waals surface area contributed by atoms with Gasteiger partial charge in [0.05, 0.1) is 23.2 Å². The molecule has 1 spiro atoms. The first-order valence-corrected chi connectivity index (χ1v) is 14.7. The first-order valence-electron chi connectivity index (χ1n) is 13.4. The van der Waals surface area contributed by atoms with Gasteiger partial charge < -0.3 is 10.6 Å². The van der Waals surface area contributed by atoms with Gasteiger partial charge in [-0.1, -0.05) is 25.8 Å². The van der Waals surface area contributed by atoms with Gasteiger partial charge in [0.25, 0.3) is 11.8 Å². The van der Waals surface area contributed by atoms with Crippen molar-refractivity contribution < 1.29 is 18.6 Å². The third-order valence-corrected chi connectivity index (χ3v) is 10.0. The van der Waals surface area contributed by atoms with Crippen molar-refractivity contribution in [1.82, 2.24) is 14.9 Å². The standard InChI is InChI=1S/C27H37N5O4S/c1-17-4-6-20(7-5-17)24-29-25(34)27(30-24)9-11-31(12-10-27)37(36)13-8-21-14-19(3)22(15-18(21)2)32-23(33)16-28-26(32)35/h14-15,17,20H,4-13,16H2,1-3H3,(H,28,35)(H,29,30,34). The summed E-state index contributed by atoms with van der Waals surface area (Å²) >= 11 is 0. The SMILES string of the molecule is Cc1cc(N2C(=O)CNC2=O)c(C)cc1CCS(=O)N1CCC2(CC1)N=C(C1CCC(C)CC1)NC2=O. The number of nitrogens with one attached hydrogen (secondary N) is 2. The lowest BCUT2D eigenvalue weighted by atomic mass is 9.82. The van der Waals surface area contributed by atoms with E-state index in [2.05, 4.69) is 17.6 Å². The molecule has 0 aromatic heterocycles. The lowest BCUT2D eigenvalue weighted by molar-refractivity contribution is -0.125. The number of rotatable bonds is 6. The number of anilines is 1. The van der Waals surface area contributed by atoms with E-state index in [9.17, 15) is 18.6 Å². The Morgan fingerprint density at radius 3 is 2.41 bits per heavy atom. The van der Waals surface area contributed by atoms with Gasteiger partial charge in [0, 0.05) is 24.8 Å². The minimum Gasteiger partial charge on any atom is -0.328 e. The van der Waals surface area contributed by atoms with E-state index in [4.69, 9.17) is 4.99 Å². The van der Waals surface area contributed by atoms with E-state index in [0.29, 0.717) is 49.7 Å². The molecular formula is C27H37N5O4S. The Hall–Kier alpha value is -2.59. The van der Waals surface area contributed by atoms with Gasteiger partial charge in [-0.25, -0.2) is 18.2 Å². The molecule has 0 radical (unpaired) electrons. The minimum absolute atomic E-state index is 0.0166. The zero-order valence-electron chi connectivity index (χ0n) is 22.0. The second-order valence-corrected chi connectivity index (χ2v) is 12.7. The Kier molecular flexibility index (Phi) is 7.24. The zero-order chi connectivity index (χ0) is 26.3. The maximum atomic E-state index is 13.2. The van der Waals surface area contributed by atoms with Gasteiger partial charge in [-0.15, -0.1) is 0 Å². The quantitative estimate of drug-likeness (QED) is 0.554. The number of hydrogen-bond acceptors (Lipinski definition) is 5. The van der Waals surface area contributed by atoms with Crippen LogP contribution in [0, 0.1) is 25.7 Å². The third kappa shape index (κ3) is 5.10. The maximum Gasteiger partial charge on any atom is 0.329 e. The van der Waals surface area contributed by atoms with Gasteiger partial charge in [0.15, 0.2) is 0 Å². The molecule has 9 nitrogen and oxygen atoms in total. The Morgan fingerprint density at radius 2 is 1.76 bits per heavy atom. The Labute approximate surface area is 221 Å². The van der Waals surface area contributed by atoms with Crippen LogP contribution >= 0.6 is 0 Å². The normalized spacial score (nSPS) is 26.8. The van der Waals surface area contributed by atoms with Crippen LogP contribution in [0.2, 0.25) is 0 Å². The van der Waals surface area contributed by atoms with Crippen molar-refractivity contribution in [3.05, 3.63) is 28.8 Å². The number of hydrogen-bond donors (Lipinski definition) is 2. The van der Waals surface area contributed by atoms with Crippen LogP contribution in [0.3, 0.4) is 0 Å². The van der Waals surface area contributed by atoms with E-state index in [1.165, 1.54) is 17.7 Å². The van der Waals surface area contributed by atoms with Gasteiger partial charge >= 0.3 is 6.03 Å². The zero-order valence-corrected chi connectivity index (χ0v) is 22.8. The molecular weight excluding hydrogens is 490 g/mol. The molecule has 1 aliphatic carbocycles. The Bertz CT molecular complexity index is 1150. The van der Waals surface area contributed by atoms with Crippen molar-refractivity contribution in [1.29, 1.82) is 0 Å². The average Bonchev–Trinajstić information content (AvgIpc) is 3.38. The van der Waals surface area contributed by atoms with Crippen LogP contribution in [-0.2, 0) is 27.0 Å². The molecule has 4 amide bonds. The largest absolute Gasteiger partial charge is 0.329 e. The molecule has 1 unspecified atom stereocenters. The highest BCUT2D eigenvalue weighted by molar-refractivity contribution is 7.82. The fourth-order valence-electron chi connectivity index (χ4n) is 6.03. The molecule has 10 heteroatoms. The summed E-state index contributed by atoms with van der Waals surface area (Å²) in [7, 11) is -1.16. The van der Waals surface area contributed by atoms with Crippen LogP contribution < -0.4 is 15.5 Å². The summed E-state index contributed by atoms with van der Waals surface area (Å²) in [6.45, 7) is 7.31. The molecule has 2 saturated heterocycles. The number of aliphatic imine (C=N–C) groups is 1. The highest BCUT2D eigenvalue weighted by atomic mass is 32.2. The fourth-order valence-corrected chi connectivity index (χ4v) is 7.27. The summed E-state index contributed by atoms with van der Waals surface area (Å²) in [6.07, 6.45) is 6.37. The predicted octanol–water partition coefficient (Wildman–Crippen LogP) is 2.76. The second-order valence-electron chi connectivity index (χ2n) is 11.1. The van der Waals surface area contributed by atoms with E-state index >= 15 is 0 Å². The summed E-state index contributed by atoms with van der Waals surface area (Å²) < 4.78 is 15.1. The number of nitrogens with zero attached hydrogens (tertiary/aromatic N) is 3. The summed E-state index contributed by atoms with van der Waals surface area (Å²) in [6, 6.07) is 3.45. The number of benzene rings is 1. The van der Waals surface area contributed by atoms with Gasteiger partial charge in [-0.2, -0.15) is 0 Å². The molecule has 200 valence electrons. The van der Waals surface area contributed by atoms with Crippen molar-refractivity contribution in [3.8, 4) is 0 Å². The van der Waals surface area contributed by atoms with Crippen LogP contribution in [0.15, 0.2) is 17.1 Å². The smallest absolute Gasteiger partial charge is 0.328 e. The summed E-state index contributed by atoms with van der Waals surface area (Å²) in [5, 5.41) is 5.65. The predicted molar refractivity (Wildman–Crippen MR) is 144 cm³/mol. The van der Waals surface area contributed by atoms with Crippen molar-refractivity contribution in [2.45, 2.75) is 71.3 Å². The van der Waals surface area contributed by atoms with Crippen LogP contribution in [0.1, 0.15) is 62.1 Å². The van der Waals surface area contributed by atoms with Gasteiger partial charge in [0.2, 0.25) is 0 Å². The fraction of sp³-hybridized carbons (Fsp3) is 0.630. The van der Waals surface area contributed by atoms with Crippen LogP contribution in [0.25, 0.3) is 0 Å². The second kappa shape index (κ2) is 10.3. The number of carbonyl (C=O) groups is 3. The number of aryl methyl sites for hydroxylation is 3. The minimum atomic E-state index is -1.16. The highest BCUT2D eigenvalue weighted by Crippen LogP contribution is 2.36. The topological polar surface area (TPSA) is 111 Å². The monoisotopic (exact) mass is 527 g/mol. The number of amides is 4.